The molecule has 4 nitrogen and oxygen atoms in total. The molecule has 1 saturated carbocycles. The van der Waals surface area contributed by atoms with Crippen molar-refractivity contribution in [2.45, 2.75) is 64.9 Å². The van der Waals surface area contributed by atoms with Gasteiger partial charge < -0.3 is 14.8 Å². The van der Waals surface area contributed by atoms with E-state index in [2.05, 4.69) is 60.8 Å². The van der Waals surface area contributed by atoms with Gasteiger partial charge in [-0.05, 0) is 57.2 Å². The van der Waals surface area contributed by atoms with Crippen molar-refractivity contribution in [1.82, 2.24) is 5.32 Å². The van der Waals surface area contributed by atoms with Gasteiger partial charge in [0.15, 0.2) is 0 Å². The first kappa shape index (κ1) is 19.4. The van der Waals surface area contributed by atoms with Crippen LogP contribution in [0.25, 0.3) is 11.1 Å². The summed E-state index contributed by atoms with van der Waals surface area (Å²) in [6, 6.07) is 17.2. The summed E-state index contributed by atoms with van der Waals surface area (Å²) in [5, 5.41) is 2.89. The van der Waals surface area contributed by atoms with Gasteiger partial charge in [-0.1, -0.05) is 54.1 Å². The van der Waals surface area contributed by atoms with Crippen LogP contribution in [0.3, 0.4) is 0 Å². The molecule has 3 rings (SSSR count). The summed E-state index contributed by atoms with van der Waals surface area (Å²) in [5.74, 6) is 0. The quantitative estimate of drug-likeness (QED) is 0.787. The van der Waals surface area contributed by atoms with Crippen LogP contribution in [0, 0.1) is 6.92 Å². The van der Waals surface area contributed by atoms with Crippen molar-refractivity contribution < 1.29 is 14.3 Å². The highest BCUT2D eigenvalue weighted by molar-refractivity contribution is 5.68. The van der Waals surface area contributed by atoms with Gasteiger partial charge >= 0.3 is 6.09 Å². The smallest absolute Gasteiger partial charge is 0.407 e. The average molecular weight is 367 g/mol. The molecule has 4 heteroatoms. The van der Waals surface area contributed by atoms with Gasteiger partial charge in [-0.25, -0.2) is 4.79 Å². The van der Waals surface area contributed by atoms with E-state index >= 15 is 0 Å². The summed E-state index contributed by atoms with van der Waals surface area (Å²) >= 11 is 0. The standard InChI is InChI=1S/C23H29NO3/c1-16-5-9-18(10-6-16)19-11-7-17(8-12-19)15-26-21-13-20(14-21)24-22(25)27-23(2,3)4/h5-12,20-21H,13-15H2,1-4H3,(H,24,25). The number of aryl methyl sites for hydroxylation is 1. The van der Waals surface area contributed by atoms with E-state index in [4.69, 9.17) is 9.47 Å². The SMILES string of the molecule is Cc1ccc(-c2ccc(COC3CC(NC(=O)OC(C)(C)C)C3)cc2)cc1. The minimum absolute atomic E-state index is 0.147. The van der Waals surface area contributed by atoms with Crippen LogP contribution in [-0.2, 0) is 16.1 Å². The van der Waals surface area contributed by atoms with E-state index < -0.39 is 5.60 Å². The Hall–Kier alpha value is -2.33. The average Bonchev–Trinajstić information content (AvgIpc) is 2.56. The molecule has 0 heterocycles. The van der Waals surface area contributed by atoms with E-state index in [1.54, 1.807) is 0 Å². The van der Waals surface area contributed by atoms with Gasteiger partial charge in [0.25, 0.3) is 0 Å². The maximum Gasteiger partial charge on any atom is 0.407 e. The van der Waals surface area contributed by atoms with Crippen LogP contribution in [0.15, 0.2) is 48.5 Å². The molecule has 27 heavy (non-hydrogen) atoms. The van der Waals surface area contributed by atoms with Crippen LogP contribution in [-0.4, -0.2) is 23.8 Å². The first-order chi connectivity index (χ1) is 12.8. The molecule has 1 amide bonds. The Labute approximate surface area is 161 Å². The number of alkyl carbamates (subject to hydrolysis) is 1. The molecule has 0 aliphatic heterocycles. The lowest BCUT2D eigenvalue weighted by Gasteiger charge is -2.36. The van der Waals surface area contributed by atoms with Crippen LogP contribution in [0.1, 0.15) is 44.7 Å². The molecule has 1 aliphatic rings. The Morgan fingerprint density at radius 3 is 2.11 bits per heavy atom. The van der Waals surface area contributed by atoms with Gasteiger partial charge in [0.2, 0.25) is 0 Å². The number of rotatable bonds is 5. The molecule has 2 aromatic carbocycles. The van der Waals surface area contributed by atoms with Crippen LogP contribution in [0.2, 0.25) is 0 Å². The van der Waals surface area contributed by atoms with Gasteiger partial charge in [-0.3, -0.25) is 0 Å². The van der Waals surface area contributed by atoms with Crippen molar-refractivity contribution >= 4 is 6.09 Å². The number of benzene rings is 2. The summed E-state index contributed by atoms with van der Waals surface area (Å²) < 4.78 is 11.2. The summed E-state index contributed by atoms with van der Waals surface area (Å²) in [4.78, 5) is 11.7. The molecule has 0 bridgehead atoms. The molecule has 1 aliphatic carbocycles. The predicted molar refractivity (Wildman–Crippen MR) is 108 cm³/mol. The molecule has 0 unspecified atom stereocenters. The largest absolute Gasteiger partial charge is 0.444 e. The third-order valence-corrected chi connectivity index (χ3v) is 4.64. The van der Waals surface area contributed by atoms with Crippen LogP contribution < -0.4 is 5.32 Å². The molecule has 0 saturated heterocycles. The zero-order valence-corrected chi connectivity index (χ0v) is 16.6. The molecule has 0 atom stereocenters. The summed E-state index contributed by atoms with van der Waals surface area (Å²) in [6.07, 6.45) is 1.51. The van der Waals surface area contributed by atoms with E-state index in [1.807, 2.05) is 20.8 Å². The third-order valence-electron chi connectivity index (χ3n) is 4.64. The van der Waals surface area contributed by atoms with E-state index in [0.717, 1.165) is 18.4 Å². The Kier molecular flexibility index (Phi) is 5.85. The second kappa shape index (κ2) is 8.13. The lowest BCUT2D eigenvalue weighted by atomic mass is 9.89. The van der Waals surface area contributed by atoms with E-state index in [-0.39, 0.29) is 18.2 Å². The first-order valence-electron chi connectivity index (χ1n) is 9.55. The van der Waals surface area contributed by atoms with E-state index in [0.29, 0.717) is 6.61 Å². The van der Waals surface area contributed by atoms with Gasteiger partial charge in [0.05, 0.1) is 12.7 Å². The number of carbonyl (C=O) groups excluding carboxylic acids is 1. The number of hydrogen-bond donors (Lipinski definition) is 1. The topological polar surface area (TPSA) is 47.6 Å². The van der Waals surface area contributed by atoms with Crippen molar-refractivity contribution in [2.75, 3.05) is 0 Å². The van der Waals surface area contributed by atoms with Gasteiger partial charge in [0, 0.05) is 6.04 Å². The Morgan fingerprint density at radius 2 is 1.56 bits per heavy atom. The maximum absolute atomic E-state index is 11.7. The first-order valence-corrected chi connectivity index (χ1v) is 9.55. The number of carbonyl (C=O) groups is 1. The molecular weight excluding hydrogens is 338 g/mol. The van der Waals surface area contributed by atoms with Crippen molar-refractivity contribution in [2.24, 2.45) is 0 Å². The molecule has 0 radical (unpaired) electrons. The molecule has 1 N–H and O–H groups in total. The monoisotopic (exact) mass is 367 g/mol. The fraction of sp³-hybridized carbons (Fsp3) is 0.435. The van der Waals surface area contributed by atoms with Crippen molar-refractivity contribution in [1.29, 1.82) is 0 Å². The number of amides is 1. The second-order valence-electron chi connectivity index (χ2n) is 8.31. The second-order valence-corrected chi connectivity index (χ2v) is 8.31. The molecule has 144 valence electrons. The Morgan fingerprint density at radius 1 is 1.00 bits per heavy atom. The van der Waals surface area contributed by atoms with E-state index in [1.165, 1.54) is 16.7 Å². The number of hydrogen-bond acceptors (Lipinski definition) is 3. The van der Waals surface area contributed by atoms with Crippen molar-refractivity contribution in [3.05, 3.63) is 59.7 Å². The Bertz CT molecular complexity index is 754. The van der Waals surface area contributed by atoms with Crippen LogP contribution in [0.5, 0.6) is 0 Å². The molecular formula is C23H29NO3. The molecule has 1 fully saturated rings. The zero-order chi connectivity index (χ0) is 19.4. The highest BCUT2D eigenvalue weighted by Gasteiger charge is 2.32. The number of ether oxygens (including phenoxy) is 2. The number of nitrogens with one attached hydrogen (secondary N) is 1. The van der Waals surface area contributed by atoms with Crippen molar-refractivity contribution in [3.63, 3.8) is 0 Å². The lowest BCUT2D eigenvalue weighted by molar-refractivity contribution is -0.0290. The van der Waals surface area contributed by atoms with Gasteiger partial charge in [0.1, 0.15) is 5.60 Å². The fourth-order valence-corrected chi connectivity index (χ4v) is 3.05. The highest BCUT2D eigenvalue weighted by atomic mass is 16.6. The zero-order valence-electron chi connectivity index (χ0n) is 16.6. The summed E-state index contributed by atoms with van der Waals surface area (Å²) in [7, 11) is 0. The molecule has 0 spiro atoms. The normalized spacial score (nSPS) is 19.3. The summed E-state index contributed by atoms with van der Waals surface area (Å²) in [5.41, 5.74) is 4.40. The summed E-state index contributed by atoms with van der Waals surface area (Å²) in [6.45, 7) is 8.28. The highest BCUT2D eigenvalue weighted by Crippen LogP contribution is 2.26. The maximum atomic E-state index is 11.7. The van der Waals surface area contributed by atoms with E-state index in [9.17, 15) is 4.79 Å². The van der Waals surface area contributed by atoms with Gasteiger partial charge in [-0.2, -0.15) is 0 Å². The van der Waals surface area contributed by atoms with Crippen LogP contribution in [0.4, 0.5) is 4.79 Å². The third kappa shape index (κ3) is 5.83. The molecule has 2 aromatic rings. The van der Waals surface area contributed by atoms with Gasteiger partial charge in [-0.15, -0.1) is 0 Å². The minimum Gasteiger partial charge on any atom is -0.444 e. The van der Waals surface area contributed by atoms with Crippen LogP contribution >= 0.6 is 0 Å². The predicted octanol–water partition coefficient (Wildman–Crippen LogP) is 5.23. The molecule has 0 aromatic heterocycles. The lowest BCUT2D eigenvalue weighted by Crippen LogP contribution is -2.49. The van der Waals surface area contributed by atoms with Crippen molar-refractivity contribution in [3.8, 4) is 11.1 Å². The fourth-order valence-electron chi connectivity index (χ4n) is 3.05. The Balaban J connectivity index is 1.40. The minimum atomic E-state index is -0.464.